The van der Waals surface area contributed by atoms with Crippen LogP contribution < -0.4 is 15.1 Å². The van der Waals surface area contributed by atoms with Crippen LogP contribution in [0.5, 0.6) is 0 Å². The number of ether oxygens (including phenoxy) is 1. The summed E-state index contributed by atoms with van der Waals surface area (Å²) < 4.78 is 46.8. The number of carbonyl (C=O) groups is 2. The van der Waals surface area contributed by atoms with Crippen molar-refractivity contribution in [3.05, 3.63) is 45.1 Å². The van der Waals surface area contributed by atoms with Gasteiger partial charge in [0.25, 0.3) is 5.91 Å². The van der Waals surface area contributed by atoms with Crippen LogP contribution in [0, 0.1) is 0 Å². The molecule has 3 heterocycles. The largest absolute Gasteiger partial charge is 0.442 e. The average Bonchev–Trinajstić information content (AvgIpc) is 3.46. The second-order valence-electron chi connectivity index (χ2n) is 7.32. The van der Waals surface area contributed by atoms with Crippen molar-refractivity contribution in [1.82, 2.24) is 5.32 Å². The minimum absolute atomic E-state index is 0.0324. The van der Waals surface area contributed by atoms with Gasteiger partial charge in [-0.05, 0) is 43.2 Å². The molecule has 1 unspecified atom stereocenters. The van der Waals surface area contributed by atoms with E-state index in [0.717, 1.165) is 35.1 Å². The molecule has 2 aliphatic rings. The summed E-state index contributed by atoms with van der Waals surface area (Å²) in [5.74, 6) is -0.360. The van der Waals surface area contributed by atoms with Crippen LogP contribution in [0.3, 0.4) is 0 Å². The van der Waals surface area contributed by atoms with E-state index in [4.69, 9.17) is 16.3 Å². The molecule has 2 fully saturated rings. The summed E-state index contributed by atoms with van der Waals surface area (Å²) in [7, 11) is 0. The summed E-state index contributed by atoms with van der Waals surface area (Å²) >= 11 is 6.93. The van der Waals surface area contributed by atoms with Crippen LogP contribution in [0.25, 0.3) is 0 Å². The SMILES string of the molecule is O=C(NCC1CN(c2ccc(N3CCCC3)c(C(F)(F)F)c2)C(=O)O1)c1ccc(Cl)s1. The van der Waals surface area contributed by atoms with Crippen molar-refractivity contribution in [3.8, 4) is 0 Å². The minimum Gasteiger partial charge on any atom is -0.442 e. The zero-order chi connectivity index (χ0) is 22.2. The average molecular weight is 474 g/mol. The maximum atomic E-state index is 13.7. The number of nitrogens with zero attached hydrogens (tertiary/aromatic N) is 2. The molecule has 0 saturated carbocycles. The molecule has 2 saturated heterocycles. The molecular weight excluding hydrogens is 455 g/mol. The van der Waals surface area contributed by atoms with E-state index in [1.54, 1.807) is 17.0 Å². The molecule has 2 amide bonds. The lowest BCUT2D eigenvalue weighted by Gasteiger charge is -2.24. The molecule has 0 radical (unpaired) electrons. The number of alkyl halides is 3. The number of benzene rings is 1. The van der Waals surface area contributed by atoms with Gasteiger partial charge in [-0.3, -0.25) is 9.69 Å². The molecule has 0 spiro atoms. The summed E-state index contributed by atoms with van der Waals surface area (Å²) in [6, 6.07) is 7.08. The Hall–Kier alpha value is -2.46. The smallest absolute Gasteiger partial charge is 0.418 e. The number of rotatable bonds is 5. The Kier molecular flexibility index (Phi) is 6.02. The molecule has 0 aliphatic carbocycles. The predicted octanol–water partition coefficient (Wildman–Crippen LogP) is 4.78. The fraction of sp³-hybridized carbons (Fsp3) is 0.400. The van der Waals surface area contributed by atoms with Crippen molar-refractivity contribution in [2.45, 2.75) is 25.1 Å². The van der Waals surface area contributed by atoms with Gasteiger partial charge in [-0.25, -0.2) is 4.79 Å². The quantitative estimate of drug-likeness (QED) is 0.679. The first-order valence-corrected chi connectivity index (χ1v) is 10.9. The summed E-state index contributed by atoms with van der Waals surface area (Å²) in [6.07, 6.45) is -4.28. The number of amides is 2. The van der Waals surface area contributed by atoms with Crippen molar-refractivity contribution in [2.75, 3.05) is 36.0 Å². The molecule has 2 aliphatic heterocycles. The Morgan fingerprint density at radius 2 is 1.97 bits per heavy atom. The first-order valence-electron chi connectivity index (χ1n) is 9.70. The molecule has 2 aromatic rings. The number of anilines is 2. The molecule has 31 heavy (non-hydrogen) atoms. The normalized spacial score (nSPS) is 19.1. The molecule has 4 rings (SSSR count). The monoisotopic (exact) mass is 473 g/mol. The fourth-order valence-electron chi connectivity index (χ4n) is 3.72. The lowest BCUT2D eigenvalue weighted by molar-refractivity contribution is -0.137. The zero-order valence-electron chi connectivity index (χ0n) is 16.2. The second-order valence-corrected chi connectivity index (χ2v) is 9.04. The van der Waals surface area contributed by atoms with Gasteiger partial charge in [0.1, 0.15) is 6.10 Å². The summed E-state index contributed by atoms with van der Waals surface area (Å²) in [5.41, 5.74) is -0.537. The standard InChI is InChI=1S/C20H19ClF3N3O3S/c21-17-6-5-16(31-17)18(28)25-10-13-11-27(19(29)30-13)12-3-4-15(26-7-1-2-8-26)14(9-12)20(22,23)24/h3-6,9,13H,1-2,7-8,10-11H2,(H,25,28). The third-order valence-corrected chi connectivity index (χ3v) is 6.44. The highest BCUT2D eigenvalue weighted by Gasteiger charge is 2.38. The van der Waals surface area contributed by atoms with Crippen LogP contribution >= 0.6 is 22.9 Å². The maximum Gasteiger partial charge on any atom is 0.418 e. The number of nitrogens with one attached hydrogen (secondary N) is 1. The van der Waals surface area contributed by atoms with Crippen LogP contribution in [0.15, 0.2) is 30.3 Å². The first kappa shape index (κ1) is 21.8. The fourth-order valence-corrected chi connectivity index (χ4v) is 4.68. The molecule has 1 atom stereocenters. The Morgan fingerprint density at radius 3 is 2.61 bits per heavy atom. The van der Waals surface area contributed by atoms with Gasteiger partial charge in [-0.1, -0.05) is 11.6 Å². The highest BCUT2D eigenvalue weighted by atomic mass is 35.5. The Labute approximate surface area is 185 Å². The van der Waals surface area contributed by atoms with E-state index in [1.807, 2.05) is 0 Å². The van der Waals surface area contributed by atoms with Gasteiger partial charge in [0.05, 0.1) is 27.9 Å². The summed E-state index contributed by atoms with van der Waals surface area (Å²) in [6.45, 7) is 1.22. The summed E-state index contributed by atoms with van der Waals surface area (Å²) in [5, 5.41) is 2.65. The summed E-state index contributed by atoms with van der Waals surface area (Å²) in [4.78, 5) is 27.7. The Balaban J connectivity index is 1.46. The molecular formula is C20H19ClF3N3O3S. The van der Waals surface area contributed by atoms with Gasteiger partial charge in [-0.2, -0.15) is 13.2 Å². The first-order chi connectivity index (χ1) is 14.7. The van der Waals surface area contributed by atoms with Crippen molar-refractivity contribution in [2.24, 2.45) is 0 Å². The van der Waals surface area contributed by atoms with Gasteiger partial charge < -0.3 is 15.0 Å². The topological polar surface area (TPSA) is 61.9 Å². The number of carbonyl (C=O) groups excluding carboxylic acids is 2. The number of hydrogen-bond donors (Lipinski definition) is 1. The zero-order valence-corrected chi connectivity index (χ0v) is 17.8. The molecule has 1 N–H and O–H groups in total. The predicted molar refractivity (Wildman–Crippen MR) is 112 cm³/mol. The van der Waals surface area contributed by atoms with Crippen LogP contribution in [-0.2, 0) is 10.9 Å². The minimum atomic E-state index is -4.55. The van der Waals surface area contributed by atoms with E-state index < -0.39 is 23.9 Å². The molecule has 6 nitrogen and oxygen atoms in total. The van der Waals surface area contributed by atoms with Crippen LogP contribution in [0.1, 0.15) is 28.1 Å². The highest BCUT2D eigenvalue weighted by Crippen LogP contribution is 2.40. The highest BCUT2D eigenvalue weighted by molar-refractivity contribution is 7.18. The Bertz CT molecular complexity index is 992. The molecule has 1 aromatic heterocycles. The maximum absolute atomic E-state index is 13.7. The van der Waals surface area contributed by atoms with E-state index in [1.165, 1.54) is 12.1 Å². The molecule has 166 valence electrons. The van der Waals surface area contributed by atoms with Gasteiger partial charge >= 0.3 is 12.3 Å². The van der Waals surface area contributed by atoms with Crippen LogP contribution in [0.2, 0.25) is 4.34 Å². The van der Waals surface area contributed by atoms with Crippen molar-refractivity contribution < 1.29 is 27.5 Å². The van der Waals surface area contributed by atoms with E-state index in [0.29, 0.717) is 22.3 Å². The second kappa shape index (κ2) is 8.58. The van der Waals surface area contributed by atoms with Crippen molar-refractivity contribution >= 4 is 46.3 Å². The van der Waals surface area contributed by atoms with E-state index >= 15 is 0 Å². The van der Waals surface area contributed by atoms with E-state index in [2.05, 4.69) is 5.32 Å². The van der Waals surface area contributed by atoms with Gasteiger partial charge in [0, 0.05) is 24.5 Å². The van der Waals surface area contributed by atoms with E-state index in [-0.39, 0.29) is 30.4 Å². The lowest BCUT2D eigenvalue weighted by Crippen LogP contribution is -2.34. The number of halogens is 4. The molecule has 11 heteroatoms. The van der Waals surface area contributed by atoms with Gasteiger partial charge in [0.15, 0.2) is 0 Å². The van der Waals surface area contributed by atoms with Crippen LogP contribution in [0.4, 0.5) is 29.3 Å². The number of cyclic esters (lactones) is 1. The number of thiophene rings is 1. The number of hydrogen-bond acceptors (Lipinski definition) is 5. The van der Waals surface area contributed by atoms with E-state index in [9.17, 15) is 22.8 Å². The van der Waals surface area contributed by atoms with Gasteiger partial charge in [-0.15, -0.1) is 11.3 Å². The van der Waals surface area contributed by atoms with Crippen molar-refractivity contribution in [3.63, 3.8) is 0 Å². The van der Waals surface area contributed by atoms with Gasteiger partial charge in [0.2, 0.25) is 0 Å². The molecule has 1 aromatic carbocycles. The third kappa shape index (κ3) is 4.74. The van der Waals surface area contributed by atoms with Crippen LogP contribution in [-0.4, -0.2) is 44.3 Å². The third-order valence-electron chi connectivity index (χ3n) is 5.21. The Morgan fingerprint density at radius 1 is 1.23 bits per heavy atom. The molecule has 0 bridgehead atoms. The lowest BCUT2D eigenvalue weighted by atomic mass is 10.1. The van der Waals surface area contributed by atoms with Crippen molar-refractivity contribution in [1.29, 1.82) is 0 Å².